The summed E-state index contributed by atoms with van der Waals surface area (Å²) in [6.07, 6.45) is 1.93. The maximum atomic E-state index is 11.4. The van der Waals surface area contributed by atoms with Gasteiger partial charge in [0.15, 0.2) is 0 Å². The van der Waals surface area contributed by atoms with Crippen molar-refractivity contribution in [2.24, 2.45) is 0 Å². The zero-order valence-corrected chi connectivity index (χ0v) is 11.0. The summed E-state index contributed by atoms with van der Waals surface area (Å²) in [7, 11) is 0. The van der Waals surface area contributed by atoms with Gasteiger partial charge in [0.25, 0.3) is 0 Å². The van der Waals surface area contributed by atoms with E-state index in [1.807, 2.05) is 25.1 Å². The summed E-state index contributed by atoms with van der Waals surface area (Å²) >= 11 is 5.98. The molecule has 0 aromatic heterocycles. The number of esters is 1. The second kappa shape index (κ2) is 7.17. The molecule has 94 valence electrons. The summed E-state index contributed by atoms with van der Waals surface area (Å²) in [5, 5.41) is 3.71. The van der Waals surface area contributed by atoms with E-state index in [1.165, 1.54) is 0 Å². The van der Waals surface area contributed by atoms with Gasteiger partial charge < -0.3 is 10.1 Å². The van der Waals surface area contributed by atoms with Gasteiger partial charge in [-0.1, -0.05) is 31.0 Å². The number of rotatable bonds is 6. The van der Waals surface area contributed by atoms with Gasteiger partial charge in [-0.05, 0) is 31.0 Å². The van der Waals surface area contributed by atoms with Crippen LogP contribution < -0.4 is 5.32 Å². The van der Waals surface area contributed by atoms with Gasteiger partial charge in [0.05, 0.1) is 6.61 Å². The first-order chi connectivity index (χ1) is 8.15. The van der Waals surface area contributed by atoms with Gasteiger partial charge >= 0.3 is 5.97 Å². The Balaban J connectivity index is 2.39. The molecule has 0 saturated heterocycles. The number of ether oxygens (including phenoxy) is 1. The van der Waals surface area contributed by atoms with Crippen LogP contribution >= 0.6 is 11.6 Å². The Morgan fingerprint density at radius 1 is 1.47 bits per heavy atom. The van der Waals surface area contributed by atoms with Crippen molar-refractivity contribution in [2.45, 2.75) is 26.7 Å². The lowest BCUT2D eigenvalue weighted by Gasteiger charge is -2.10. The number of hydrogen-bond donors (Lipinski definition) is 1. The van der Waals surface area contributed by atoms with Gasteiger partial charge in [-0.15, -0.1) is 0 Å². The van der Waals surface area contributed by atoms with Crippen molar-refractivity contribution < 1.29 is 9.53 Å². The fraction of sp³-hybridized carbons (Fsp3) is 0.462. The van der Waals surface area contributed by atoms with Crippen LogP contribution in [0.15, 0.2) is 18.2 Å². The van der Waals surface area contributed by atoms with Crippen molar-refractivity contribution >= 4 is 23.3 Å². The van der Waals surface area contributed by atoms with Crippen molar-refractivity contribution in [3.63, 3.8) is 0 Å². The molecule has 0 spiro atoms. The summed E-state index contributed by atoms with van der Waals surface area (Å²) in [6.45, 7) is 4.63. The van der Waals surface area contributed by atoms with Crippen molar-refractivity contribution in [2.75, 3.05) is 18.5 Å². The molecule has 0 unspecified atom stereocenters. The highest BCUT2D eigenvalue weighted by molar-refractivity contribution is 6.31. The number of unbranched alkanes of at least 4 members (excludes halogenated alkanes) is 1. The largest absolute Gasteiger partial charge is 0.464 e. The Morgan fingerprint density at radius 3 is 2.94 bits per heavy atom. The average Bonchev–Trinajstić information content (AvgIpc) is 2.31. The average molecular weight is 256 g/mol. The minimum Gasteiger partial charge on any atom is -0.464 e. The first-order valence-corrected chi connectivity index (χ1v) is 6.17. The van der Waals surface area contributed by atoms with Gasteiger partial charge in [-0.25, -0.2) is 0 Å². The number of anilines is 1. The van der Waals surface area contributed by atoms with E-state index in [9.17, 15) is 4.79 Å². The Hall–Kier alpha value is -1.22. The van der Waals surface area contributed by atoms with E-state index < -0.39 is 0 Å². The number of carbonyl (C=O) groups excluding carboxylic acids is 1. The van der Waals surface area contributed by atoms with E-state index >= 15 is 0 Å². The molecule has 0 radical (unpaired) electrons. The Morgan fingerprint density at radius 2 is 2.24 bits per heavy atom. The summed E-state index contributed by atoms with van der Waals surface area (Å²) < 4.78 is 5.04. The molecule has 4 heteroatoms. The predicted molar refractivity (Wildman–Crippen MR) is 70.5 cm³/mol. The SMILES string of the molecule is CCCCOC(=O)CNc1cccc(Cl)c1C. The zero-order valence-electron chi connectivity index (χ0n) is 10.3. The van der Waals surface area contributed by atoms with Crippen LogP contribution in [0.2, 0.25) is 5.02 Å². The maximum Gasteiger partial charge on any atom is 0.325 e. The summed E-state index contributed by atoms with van der Waals surface area (Å²) in [6, 6.07) is 5.56. The van der Waals surface area contributed by atoms with E-state index in [0.29, 0.717) is 11.6 Å². The summed E-state index contributed by atoms with van der Waals surface area (Å²) in [5.41, 5.74) is 1.81. The predicted octanol–water partition coefficient (Wildman–Crippen LogP) is 3.40. The molecule has 0 atom stereocenters. The quantitative estimate of drug-likeness (QED) is 0.625. The minimum atomic E-state index is -0.238. The second-order valence-electron chi connectivity index (χ2n) is 3.84. The molecule has 1 rings (SSSR count). The molecule has 1 N–H and O–H groups in total. The first kappa shape index (κ1) is 13.8. The first-order valence-electron chi connectivity index (χ1n) is 5.79. The van der Waals surface area contributed by atoms with Crippen LogP contribution in [-0.4, -0.2) is 19.1 Å². The van der Waals surface area contributed by atoms with Gasteiger partial charge in [-0.2, -0.15) is 0 Å². The third-order valence-electron chi connectivity index (χ3n) is 2.45. The van der Waals surface area contributed by atoms with Gasteiger partial charge in [0, 0.05) is 10.7 Å². The van der Waals surface area contributed by atoms with E-state index in [4.69, 9.17) is 16.3 Å². The van der Waals surface area contributed by atoms with E-state index in [-0.39, 0.29) is 12.5 Å². The molecule has 0 fully saturated rings. The highest BCUT2D eigenvalue weighted by Crippen LogP contribution is 2.22. The second-order valence-corrected chi connectivity index (χ2v) is 4.25. The van der Waals surface area contributed by atoms with Crippen molar-refractivity contribution in [3.05, 3.63) is 28.8 Å². The third kappa shape index (κ3) is 4.65. The Labute approximate surface area is 107 Å². The van der Waals surface area contributed by atoms with Gasteiger partial charge in [-0.3, -0.25) is 4.79 Å². The molecular formula is C13H18ClNO2. The minimum absolute atomic E-state index is 0.172. The van der Waals surface area contributed by atoms with Crippen LogP contribution in [-0.2, 0) is 9.53 Å². The lowest BCUT2D eigenvalue weighted by molar-refractivity contribution is -0.141. The highest BCUT2D eigenvalue weighted by atomic mass is 35.5. The molecule has 1 aromatic carbocycles. The molecule has 3 nitrogen and oxygen atoms in total. The summed E-state index contributed by atoms with van der Waals surface area (Å²) in [4.78, 5) is 11.4. The van der Waals surface area contributed by atoms with E-state index in [0.717, 1.165) is 24.1 Å². The fourth-order valence-corrected chi connectivity index (χ4v) is 1.52. The topological polar surface area (TPSA) is 38.3 Å². The van der Waals surface area contributed by atoms with Crippen molar-refractivity contribution in [3.8, 4) is 0 Å². The molecule has 0 saturated carbocycles. The molecule has 0 aliphatic heterocycles. The number of carbonyl (C=O) groups is 1. The van der Waals surface area contributed by atoms with Crippen LogP contribution in [0.4, 0.5) is 5.69 Å². The van der Waals surface area contributed by atoms with Crippen LogP contribution in [0, 0.1) is 6.92 Å². The van der Waals surface area contributed by atoms with Crippen LogP contribution in [0.25, 0.3) is 0 Å². The summed E-state index contributed by atoms with van der Waals surface area (Å²) in [5.74, 6) is -0.238. The molecule has 17 heavy (non-hydrogen) atoms. The van der Waals surface area contributed by atoms with Crippen LogP contribution in [0.1, 0.15) is 25.3 Å². The lowest BCUT2D eigenvalue weighted by Crippen LogP contribution is -2.17. The van der Waals surface area contributed by atoms with E-state index in [1.54, 1.807) is 0 Å². The zero-order chi connectivity index (χ0) is 12.7. The van der Waals surface area contributed by atoms with Crippen LogP contribution in [0.3, 0.4) is 0 Å². The van der Waals surface area contributed by atoms with Crippen molar-refractivity contribution in [1.82, 2.24) is 0 Å². The monoisotopic (exact) mass is 255 g/mol. The van der Waals surface area contributed by atoms with Gasteiger partial charge in [0.1, 0.15) is 6.54 Å². The van der Waals surface area contributed by atoms with Crippen molar-refractivity contribution in [1.29, 1.82) is 0 Å². The molecule has 0 aliphatic rings. The molecule has 0 bridgehead atoms. The Bertz CT molecular complexity index is 380. The normalized spacial score (nSPS) is 10.1. The maximum absolute atomic E-state index is 11.4. The third-order valence-corrected chi connectivity index (χ3v) is 2.86. The standard InChI is InChI=1S/C13H18ClNO2/c1-3-4-8-17-13(16)9-15-12-7-5-6-11(14)10(12)2/h5-7,15H,3-4,8-9H2,1-2H3. The van der Waals surface area contributed by atoms with Crippen LogP contribution in [0.5, 0.6) is 0 Å². The molecule has 0 aliphatic carbocycles. The number of benzene rings is 1. The highest BCUT2D eigenvalue weighted by Gasteiger charge is 2.05. The lowest BCUT2D eigenvalue weighted by atomic mass is 10.2. The molecule has 0 amide bonds. The number of hydrogen-bond acceptors (Lipinski definition) is 3. The molecule has 1 aromatic rings. The Kier molecular flexibility index (Phi) is 5.84. The smallest absolute Gasteiger partial charge is 0.325 e. The molecular weight excluding hydrogens is 238 g/mol. The van der Waals surface area contributed by atoms with Gasteiger partial charge in [0.2, 0.25) is 0 Å². The number of halogens is 1. The fourth-order valence-electron chi connectivity index (χ4n) is 1.35. The van der Waals surface area contributed by atoms with E-state index in [2.05, 4.69) is 12.2 Å². The number of nitrogens with one attached hydrogen (secondary N) is 1. The molecule has 0 heterocycles.